The van der Waals surface area contributed by atoms with Crippen molar-refractivity contribution in [3.8, 4) is 11.1 Å². The van der Waals surface area contributed by atoms with Gasteiger partial charge in [0, 0.05) is 11.8 Å². The molecule has 3 rings (SSSR count). The molecule has 31 heavy (non-hydrogen) atoms. The standard InChI is InChI=1S/C24H27NO6/c1-24(2,3)31-23(30)25-21(22(28)29)14(13-20(26)27)12-19-17-10-6-4-8-15(17)16-9-5-7-11-18(16)19/h4-11,14,19,21H,12-13H2,1-3H3,(H,25,30)(H,26,27)(H,28,29)/t14-,21-/m0/s1. The van der Waals surface area contributed by atoms with Crippen LogP contribution in [0.2, 0.25) is 0 Å². The Labute approximate surface area is 181 Å². The summed E-state index contributed by atoms with van der Waals surface area (Å²) >= 11 is 0. The van der Waals surface area contributed by atoms with Gasteiger partial charge in [0.15, 0.2) is 0 Å². The highest BCUT2D eigenvalue weighted by molar-refractivity contribution is 5.82. The van der Waals surface area contributed by atoms with Crippen molar-refractivity contribution in [2.75, 3.05) is 0 Å². The second kappa shape index (κ2) is 8.79. The summed E-state index contributed by atoms with van der Waals surface area (Å²) in [6.07, 6.45) is -1.02. The van der Waals surface area contributed by atoms with Crippen LogP contribution in [0, 0.1) is 5.92 Å². The molecule has 164 valence electrons. The fraction of sp³-hybridized carbons (Fsp3) is 0.375. The first-order chi connectivity index (χ1) is 14.6. The predicted molar refractivity (Wildman–Crippen MR) is 115 cm³/mol. The lowest BCUT2D eigenvalue weighted by molar-refractivity contribution is -0.143. The summed E-state index contributed by atoms with van der Waals surface area (Å²) in [7, 11) is 0. The quantitative estimate of drug-likeness (QED) is 0.611. The summed E-state index contributed by atoms with van der Waals surface area (Å²) in [6.45, 7) is 5.01. The van der Waals surface area contributed by atoms with Crippen LogP contribution in [-0.4, -0.2) is 39.9 Å². The van der Waals surface area contributed by atoms with Gasteiger partial charge in [-0.1, -0.05) is 48.5 Å². The number of carboxylic acid groups (broad SMARTS) is 2. The topological polar surface area (TPSA) is 113 Å². The minimum atomic E-state index is -1.40. The average Bonchev–Trinajstić information content (AvgIpc) is 2.98. The Hall–Kier alpha value is -3.35. The molecule has 0 aliphatic heterocycles. The van der Waals surface area contributed by atoms with Crippen molar-refractivity contribution >= 4 is 18.0 Å². The van der Waals surface area contributed by atoms with Crippen molar-refractivity contribution < 1.29 is 29.3 Å². The molecule has 3 N–H and O–H groups in total. The Bertz CT molecular complexity index is 948. The Kier molecular flexibility index (Phi) is 6.34. The van der Waals surface area contributed by atoms with Gasteiger partial charge in [-0.25, -0.2) is 9.59 Å². The van der Waals surface area contributed by atoms with E-state index in [1.54, 1.807) is 20.8 Å². The maximum absolute atomic E-state index is 12.3. The Morgan fingerprint density at radius 2 is 1.48 bits per heavy atom. The van der Waals surface area contributed by atoms with E-state index < -0.39 is 42.0 Å². The van der Waals surface area contributed by atoms with E-state index in [-0.39, 0.29) is 12.3 Å². The van der Waals surface area contributed by atoms with E-state index >= 15 is 0 Å². The van der Waals surface area contributed by atoms with Crippen LogP contribution in [0.3, 0.4) is 0 Å². The van der Waals surface area contributed by atoms with Crippen molar-refractivity contribution in [2.24, 2.45) is 5.92 Å². The van der Waals surface area contributed by atoms with Crippen LogP contribution >= 0.6 is 0 Å². The van der Waals surface area contributed by atoms with E-state index in [1.165, 1.54) is 0 Å². The molecule has 0 heterocycles. The SMILES string of the molecule is CC(C)(C)OC(=O)N[C@H](C(=O)O)[C@H](CC(=O)O)CC1c2ccccc2-c2ccccc21. The molecule has 0 bridgehead atoms. The number of nitrogens with one attached hydrogen (secondary N) is 1. The Morgan fingerprint density at radius 3 is 1.94 bits per heavy atom. The molecule has 0 saturated heterocycles. The molecule has 0 fully saturated rings. The lowest BCUT2D eigenvalue weighted by Gasteiger charge is -2.28. The smallest absolute Gasteiger partial charge is 0.408 e. The van der Waals surface area contributed by atoms with Crippen LogP contribution in [0.4, 0.5) is 4.79 Å². The van der Waals surface area contributed by atoms with E-state index in [9.17, 15) is 24.6 Å². The van der Waals surface area contributed by atoms with Gasteiger partial charge in [0.1, 0.15) is 11.6 Å². The largest absolute Gasteiger partial charge is 0.481 e. The van der Waals surface area contributed by atoms with Crippen molar-refractivity contribution in [3.05, 3.63) is 59.7 Å². The molecule has 0 spiro atoms. The molecule has 0 saturated carbocycles. The number of amides is 1. The van der Waals surface area contributed by atoms with Gasteiger partial charge in [0.05, 0.1) is 6.42 Å². The van der Waals surface area contributed by atoms with E-state index in [4.69, 9.17) is 4.74 Å². The molecule has 1 amide bonds. The number of carbonyl (C=O) groups is 3. The van der Waals surface area contributed by atoms with Crippen LogP contribution in [0.15, 0.2) is 48.5 Å². The van der Waals surface area contributed by atoms with Gasteiger partial charge in [-0.05, 0) is 49.4 Å². The summed E-state index contributed by atoms with van der Waals surface area (Å²) in [4.78, 5) is 35.9. The first-order valence-corrected chi connectivity index (χ1v) is 10.2. The highest BCUT2D eigenvalue weighted by atomic mass is 16.6. The lowest BCUT2D eigenvalue weighted by Crippen LogP contribution is -2.48. The molecule has 2 atom stereocenters. The third-order valence-corrected chi connectivity index (χ3v) is 5.35. The monoisotopic (exact) mass is 425 g/mol. The summed E-state index contributed by atoms with van der Waals surface area (Å²) in [5.74, 6) is -3.43. The predicted octanol–water partition coefficient (Wildman–Crippen LogP) is 4.26. The number of benzene rings is 2. The highest BCUT2D eigenvalue weighted by Crippen LogP contribution is 2.47. The lowest BCUT2D eigenvalue weighted by atomic mass is 9.82. The third-order valence-electron chi connectivity index (χ3n) is 5.35. The van der Waals surface area contributed by atoms with E-state index in [0.717, 1.165) is 22.3 Å². The summed E-state index contributed by atoms with van der Waals surface area (Å²) in [5, 5.41) is 21.6. The zero-order valence-corrected chi connectivity index (χ0v) is 17.8. The van der Waals surface area contributed by atoms with Crippen LogP contribution < -0.4 is 5.32 Å². The summed E-state index contributed by atoms with van der Waals surface area (Å²) in [5.41, 5.74) is 3.37. The van der Waals surface area contributed by atoms with Gasteiger partial charge in [-0.3, -0.25) is 4.79 Å². The van der Waals surface area contributed by atoms with E-state index in [2.05, 4.69) is 5.32 Å². The molecule has 0 radical (unpaired) electrons. The first kappa shape index (κ1) is 22.3. The van der Waals surface area contributed by atoms with E-state index in [0.29, 0.717) is 0 Å². The molecule has 1 aliphatic rings. The minimum Gasteiger partial charge on any atom is -0.481 e. The summed E-state index contributed by atoms with van der Waals surface area (Å²) in [6, 6.07) is 14.3. The molecule has 2 aromatic rings. The maximum atomic E-state index is 12.3. The Balaban J connectivity index is 1.93. The second-order valence-corrected chi connectivity index (χ2v) is 8.78. The van der Waals surface area contributed by atoms with Crippen molar-refractivity contribution in [2.45, 2.75) is 51.2 Å². The number of alkyl carbamates (subject to hydrolysis) is 1. The molecule has 2 aromatic carbocycles. The fourth-order valence-corrected chi connectivity index (χ4v) is 4.19. The first-order valence-electron chi connectivity index (χ1n) is 10.2. The van der Waals surface area contributed by atoms with Gasteiger partial charge in [0.25, 0.3) is 0 Å². The number of hydrogen-bond donors (Lipinski definition) is 3. The molecule has 0 unspecified atom stereocenters. The van der Waals surface area contributed by atoms with Crippen molar-refractivity contribution in [1.29, 1.82) is 0 Å². The number of hydrogen-bond acceptors (Lipinski definition) is 4. The van der Waals surface area contributed by atoms with Gasteiger partial charge < -0.3 is 20.3 Å². The average molecular weight is 425 g/mol. The van der Waals surface area contributed by atoms with Crippen molar-refractivity contribution in [3.63, 3.8) is 0 Å². The minimum absolute atomic E-state index is 0.168. The maximum Gasteiger partial charge on any atom is 0.408 e. The van der Waals surface area contributed by atoms with Gasteiger partial charge in [-0.2, -0.15) is 0 Å². The number of fused-ring (bicyclic) bond motifs is 3. The molecule has 0 aromatic heterocycles. The van der Waals surface area contributed by atoms with Gasteiger partial charge in [0.2, 0.25) is 0 Å². The number of aliphatic carboxylic acids is 2. The summed E-state index contributed by atoms with van der Waals surface area (Å²) < 4.78 is 5.20. The number of carbonyl (C=O) groups excluding carboxylic acids is 1. The number of ether oxygens (including phenoxy) is 1. The zero-order valence-electron chi connectivity index (χ0n) is 17.8. The number of carboxylic acids is 2. The van der Waals surface area contributed by atoms with Crippen molar-refractivity contribution in [1.82, 2.24) is 5.32 Å². The molecule has 7 nitrogen and oxygen atoms in total. The second-order valence-electron chi connectivity index (χ2n) is 8.78. The van der Waals surface area contributed by atoms with Crippen LogP contribution in [-0.2, 0) is 14.3 Å². The molecule has 1 aliphatic carbocycles. The normalized spacial score (nSPS) is 14.8. The third kappa shape index (κ3) is 5.23. The number of rotatable bonds is 7. The van der Waals surface area contributed by atoms with Gasteiger partial charge >= 0.3 is 18.0 Å². The molecular weight excluding hydrogens is 398 g/mol. The van der Waals surface area contributed by atoms with Crippen LogP contribution in [0.25, 0.3) is 11.1 Å². The van der Waals surface area contributed by atoms with Gasteiger partial charge in [-0.15, -0.1) is 0 Å². The van der Waals surface area contributed by atoms with E-state index in [1.807, 2.05) is 48.5 Å². The fourth-order valence-electron chi connectivity index (χ4n) is 4.19. The van der Waals surface area contributed by atoms with Crippen LogP contribution in [0.5, 0.6) is 0 Å². The van der Waals surface area contributed by atoms with Crippen LogP contribution in [0.1, 0.15) is 50.7 Å². The highest BCUT2D eigenvalue weighted by Gasteiger charge is 2.37. The Morgan fingerprint density at radius 1 is 0.968 bits per heavy atom. The zero-order chi connectivity index (χ0) is 22.8. The molecular formula is C24H27NO6. The molecule has 7 heteroatoms.